The molecule has 118 valence electrons. The first-order chi connectivity index (χ1) is 10.4. The highest BCUT2D eigenvalue weighted by Gasteiger charge is 2.18. The molecule has 0 fully saturated rings. The predicted molar refractivity (Wildman–Crippen MR) is 83.2 cm³/mol. The molecule has 0 aliphatic rings. The standard InChI is InChI=1S/C13H14N2O5S2/c1-19-10-4-3-8(5-11(10)20-2)15-22(17,18)9-6-12(13(14)16)21-7-9/h3-7,15H,1-2H3,(H2,14,16). The van der Waals surface area contributed by atoms with Crippen LogP contribution < -0.4 is 19.9 Å². The van der Waals surface area contributed by atoms with Crippen LogP contribution in [0.5, 0.6) is 11.5 Å². The van der Waals surface area contributed by atoms with Crippen LogP contribution >= 0.6 is 11.3 Å². The van der Waals surface area contributed by atoms with Crippen molar-refractivity contribution in [2.75, 3.05) is 18.9 Å². The van der Waals surface area contributed by atoms with Gasteiger partial charge < -0.3 is 15.2 Å². The second-order valence-electron chi connectivity index (χ2n) is 4.19. The molecule has 0 aliphatic heterocycles. The van der Waals surface area contributed by atoms with Crippen LogP contribution in [-0.2, 0) is 10.0 Å². The molecule has 0 spiro atoms. The Hall–Kier alpha value is -2.26. The molecule has 22 heavy (non-hydrogen) atoms. The minimum absolute atomic E-state index is 0.0268. The summed E-state index contributed by atoms with van der Waals surface area (Å²) in [5, 5.41) is 1.35. The van der Waals surface area contributed by atoms with Gasteiger partial charge in [-0.05, 0) is 18.2 Å². The molecular weight excluding hydrogens is 328 g/mol. The number of rotatable bonds is 6. The molecule has 1 aromatic heterocycles. The number of anilines is 1. The van der Waals surface area contributed by atoms with E-state index >= 15 is 0 Å². The van der Waals surface area contributed by atoms with E-state index in [2.05, 4.69) is 4.72 Å². The number of amides is 1. The smallest absolute Gasteiger partial charge is 0.262 e. The van der Waals surface area contributed by atoms with Crippen molar-refractivity contribution in [2.24, 2.45) is 5.73 Å². The summed E-state index contributed by atoms with van der Waals surface area (Å²) < 4.78 is 37.1. The SMILES string of the molecule is COc1ccc(NS(=O)(=O)c2csc(C(N)=O)c2)cc1OC. The van der Waals surface area contributed by atoms with Crippen LogP contribution in [-0.4, -0.2) is 28.5 Å². The first-order valence-electron chi connectivity index (χ1n) is 6.00. The third-order valence-electron chi connectivity index (χ3n) is 2.76. The Kier molecular flexibility index (Phi) is 4.57. The van der Waals surface area contributed by atoms with Gasteiger partial charge in [0.05, 0.1) is 29.7 Å². The maximum absolute atomic E-state index is 12.3. The van der Waals surface area contributed by atoms with Gasteiger partial charge in [0.15, 0.2) is 11.5 Å². The van der Waals surface area contributed by atoms with Gasteiger partial charge in [-0.25, -0.2) is 8.42 Å². The molecule has 9 heteroatoms. The summed E-state index contributed by atoms with van der Waals surface area (Å²) in [7, 11) is -0.877. The first-order valence-corrected chi connectivity index (χ1v) is 8.37. The van der Waals surface area contributed by atoms with Crippen molar-refractivity contribution in [3.63, 3.8) is 0 Å². The van der Waals surface area contributed by atoms with Gasteiger partial charge in [-0.15, -0.1) is 11.3 Å². The maximum atomic E-state index is 12.3. The second kappa shape index (κ2) is 6.24. The minimum Gasteiger partial charge on any atom is -0.493 e. The van der Waals surface area contributed by atoms with Gasteiger partial charge in [0.2, 0.25) is 0 Å². The lowest BCUT2D eigenvalue weighted by Gasteiger charge is -2.11. The molecule has 0 saturated carbocycles. The van der Waals surface area contributed by atoms with Crippen molar-refractivity contribution in [1.29, 1.82) is 0 Å². The van der Waals surface area contributed by atoms with Crippen LogP contribution in [0.1, 0.15) is 9.67 Å². The Morgan fingerprint density at radius 1 is 1.18 bits per heavy atom. The Morgan fingerprint density at radius 2 is 1.86 bits per heavy atom. The summed E-state index contributed by atoms with van der Waals surface area (Å²) in [6.07, 6.45) is 0. The number of methoxy groups -OCH3 is 2. The van der Waals surface area contributed by atoms with E-state index in [-0.39, 0.29) is 9.77 Å². The van der Waals surface area contributed by atoms with E-state index in [4.69, 9.17) is 15.2 Å². The van der Waals surface area contributed by atoms with Crippen LogP contribution in [0.25, 0.3) is 0 Å². The summed E-state index contributed by atoms with van der Waals surface area (Å²) in [4.78, 5) is 11.2. The lowest BCUT2D eigenvalue weighted by molar-refractivity contribution is 0.100. The summed E-state index contributed by atoms with van der Waals surface area (Å²) in [5.41, 5.74) is 5.43. The highest BCUT2D eigenvalue weighted by molar-refractivity contribution is 7.92. The molecule has 0 atom stereocenters. The summed E-state index contributed by atoms with van der Waals surface area (Å²) in [6.45, 7) is 0. The van der Waals surface area contributed by atoms with E-state index in [0.717, 1.165) is 11.3 Å². The van der Waals surface area contributed by atoms with Gasteiger partial charge in [-0.1, -0.05) is 0 Å². The molecule has 3 N–H and O–H groups in total. The number of primary amides is 1. The predicted octanol–water partition coefficient (Wildman–Crippen LogP) is 1.66. The number of nitrogens with two attached hydrogens (primary N) is 1. The number of nitrogens with one attached hydrogen (secondary N) is 1. The number of ether oxygens (including phenoxy) is 2. The molecule has 1 aromatic carbocycles. The number of hydrogen-bond acceptors (Lipinski definition) is 6. The lowest BCUT2D eigenvalue weighted by atomic mass is 10.3. The number of hydrogen-bond donors (Lipinski definition) is 2. The summed E-state index contributed by atoms with van der Waals surface area (Å²) >= 11 is 0.970. The Labute approximate surface area is 131 Å². The molecule has 1 amide bonds. The minimum atomic E-state index is -3.81. The van der Waals surface area contributed by atoms with Gasteiger partial charge in [0.25, 0.3) is 15.9 Å². The van der Waals surface area contributed by atoms with Crippen LogP contribution in [0, 0.1) is 0 Å². The third kappa shape index (κ3) is 3.31. The zero-order valence-electron chi connectivity index (χ0n) is 11.8. The van der Waals surface area contributed by atoms with E-state index in [9.17, 15) is 13.2 Å². The number of sulfonamides is 1. The van der Waals surface area contributed by atoms with Gasteiger partial charge >= 0.3 is 0 Å². The highest BCUT2D eigenvalue weighted by Crippen LogP contribution is 2.31. The van der Waals surface area contributed by atoms with Crippen molar-refractivity contribution < 1.29 is 22.7 Å². The van der Waals surface area contributed by atoms with Crippen molar-refractivity contribution in [2.45, 2.75) is 4.90 Å². The fourth-order valence-corrected chi connectivity index (χ4v) is 3.88. The van der Waals surface area contributed by atoms with Crippen molar-refractivity contribution in [3.05, 3.63) is 34.5 Å². The molecule has 0 aliphatic carbocycles. The number of thiophene rings is 1. The fourth-order valence-electron chi connectivity index (χ4n) is 1.70. The van der Waals surface area contributed by atoms with Crippen LogP contribution in [0.3, 0.4) is 0 Å². The zero-order chi connectivity index (χ0) is 16.3. The average molecular weight is 342 g/mol. The lowest BCUT2D eigenvalue weighted by Crippen LogP contribution is -2.13. The van der Waals surface area contributed by atoms with Gasteiger partial charge in [-0.2, -0.15) is 0 Å². The molecule has 7 nitrogen and oxygen atoms in total. The quantitative estimate of drug-likeness (QED) is 0.830. The molecule has 0 bridgehead atoms. The third-order valence-corrected chi connectivity index (χ3v) is 5.22. The highest BCUT2D eigenvalue weighted by atomic mass is 32.2. The monoisotopic (exact) mass is 342 g/mol. The van der Waals surface area contributed by atoms with E-state index < -0.39 is 15.9 Å². The van der Waals surface area contributed by atoms with Crippen LogP contribution in [0.15, 0.2) is 34.5 Å². The topological polar surface area (TPSA) is 108 Å². The summed E-state index contributed by atoms with van der Waals surface area (Å²) in [6, 6.07) is 5.85. The normalized spacial score (nSPS) is 11.0. The summed E-state index contributed by atoms with van der Waals surface area (Å²) in [5.74, 6) is 0.209. The van der Waals surface area contributed by atoms with Crippen molar-refractivity contribution in [3.8, 4) is 11.5 Å². The largest absolute Gasteiger partial charge is 0.493 e. The first kappa shape index (κ1) is 16.1. The average Bonchev–Trinajstić information content (AvgIpc) is 2.97. The number of benzene rings is 1. The molecule has 0 radical (unpaired) electrons. The van der Waals surface area contributed by atoms with Gasteiger partial charge in [0.1, 0.15) is 0 Å². The van der Waals surface area contributed by atoms with Crippen LogP contribution in [0.4, 0.5) is 5.69 Å². The van der Waals surface area contributed by atoms with E-state index in [1.165, 1.54) is 31.7 Å². The molecule has 0 unspecified atom stereocenters. The van der Waals surface area contributed by atoms with E-state index in [1.54, 1.807) is 12.1 Å². The van der Waals surface area contributed by atoms with Crippen molar-refractivity contribution in [1.82, 2.24) is 0 Å². The maximum Gasteiger partial charge on any atom is 0.262 e. The Bertz CT molecular complexity index is 799. The molecule has 1 heterocycles. The van der Waals surface area contributed by atoms with Gasteiger partial charge in [-0.3, -0.25) is 9.52 Å². The zero-order valence-corrected chi connectivity index (χ0v) is 13.5. The second-order valence-corrected chi connectivity index (χ2v) is 6.78. The molecule has 0 saturated heterocycles. The van der Waals surface area contributed by atoms with Crippen LogP contribution in [0.2, 0.25) is 0 Å². The van der Waals surface area contributed by atoms with E-state index in [1.807, 2.05) is 0 Å². The number of carbonyl (C=O) groups is 1. The Morgan fingerprint density at radius 3 is 2.41 bits per heavy atom. The molecular formula is C13H14N2O5S2. The molecule has 2 aromatic rings. The number of carbonyl (C=O) groups excluding carboxylic acids is 1. The Balaban J connectivity index is 2.30. The van der Waals surface area contributed by atoms with Gasteiger partial charge in [0, 0.05) is 11.4 Å². The fraction of sp³-hybridized carbons (Fsp3) is 0.154. The van der Waals surface area contributed by atoms with Crippen molar-refractivity contribution >= 4 is 33.0 Å². The van der Waals surface area contributed by atoms with E-state index in [0.29, 0.717) is 17.2 Å². The molecule has 2 rings (SSSR count).